The summed E-state index contributed by atoms with van der Waals surface area (Å²) in [5.74, 6) is -0.266. The smallest absolute Gasteiger partial charge is 0.225 e. The summed E-state index contributed by atoms with van der Waals surface area (Å²) in [7, 11) is 0. The lowest BCUT2D eigenvalue weighted by molar-refractivity contribution is -0.149. The summed E-state index contributed by atoms with van der Waals surface area (Å²) in [6, 6.07) is 2.85. The van der Waals surface area contributed by atoms with Crippen molar-refractivity contribution in [3.63, 3.8) is 0 Å². The van der Waals surface area contributed by atoms with Gasteiger partial charge in [0.05, 0.1) is 28.7 Å². The summed E-state index contributed by atoms with van der Waals surface area (Å²) in [6.45, 7) is -0.00442. The molecule has 7 heteroatoms. The number of aliphatic hydroxyl groups is 2. The van der Waals surface area contributed by atoms with Crippen LogP contribution in [0, 0.1) is 0 Å². The van der Waals surface area contributed by atoms with Crippen LogP contribution in [0.3, 0.4) is 0 Å². The molecule has 2 heterocycles. The highest BCUT2D eigenvalue weighted by Crippen LogP contribution is 2.45. The zero-order valence-corrected chi connectivity index (χ0v) is 13.3. The molecule has 0 bridgehead atoms. The Hall–Kier alpha value is -1.01. The fourth-order valence-electron chi connectivity index (χ4n) is 3.58. The predicted molar refractivity (Wildman–Crippen MR) is 82.3 cm³/mol. The molecule has 3 rings (SSSR count). The van der Waals surface area contributed by atoms with E-state index in [-0.39, 0.29) is 30.0 Å². The second kappa shape index (κ2) is 5.57. The molecule has 0 spiro atoms. The van der Waals surface area contributed by atoms with Crippen LogP contribution in [0.5, 0.6) is 5.75 Å². The molecule has 3 N–H and O–H groups in total. The number of hydrogen-bond donors (Lipinski definition) is 3. The van der Waals surface area contributed by atoms with Gasteiger partial charge in [0.25, 0.3) is 0 Å². The highest BCUT2D eigenvalue weighted by Gasteiger charge is 2.47. The lowest BCUT2D eigenvalue weighted by atomic mass is 9.85. The number of carbonyl (C=O) groups excluding carboxylic acids is 1. The van der Waals surface area contributed by atoms with Crippen LogP contribution in [0.25, 0.3) is 0 Å². The van der Waals surface area contributed by atoms with E-state index in [9.17, 15) is 20.1 Å². The van der Waals surface area contributed by atoms with E-state index in [1.807, 2.05) is 0 Å². The summed E-state index contributed by atoms with van der Waals surface area (Å²) in [5.41, 5.74) is -0.809. The summed E-state index contributed by atoms with van der Waals surface area (Å²) < 4.78 is 0. The number of benzene rings is 1. The Balaban J connectivity index is 1.89. The van der Waals surface area contributed by atoms with Gasteiger partial charge in [-0.2, -0.15) is 0 Å². The van der Waals surface area contributed by atoms with Gasteiger partial charge in [-0.05, 0) is 25.0 Å². The van der Waals surface area contributed by atoms with Crippen molar-refractivity contribution in [1.29, 1.82) is 0 Å². The first-order chi connectivity index (χ1) is 10.3. The zero-order valence-electron chi connectivity index (χ0n) is 11.8. The Bertz CT molecular complexity index is 624. The molecule has 1 amide bonds. The number of nitrogens with zero attached hydrogens (tertiary/aromatic N) is 1. The van der Waals surface area contributed by atoms with Crippen LogP contribution < -0.4 is 0 Å². The maximum atomic E-state index is 12.2. The Morgan fingerprint density at radius 2 is 2.09 bits per heavy atom. The van der Waals surface area contributed by atoms with Gasteiger partial charge >= 0.3 is 0 Å². The Morgan fingerprint density at radius 1 is 1.36 bits per heavy atom. The third kappa shape index (κ3) is 2.56. The minimum Gasteiger partial charge on any atom is -0.508 e. The number of halogens is 2. The summed E-state index contributed by atoms with van der Waals surface area (Å²) in [4.78, 5) is 13.9. The molecule has 2 saturated heterocycles. The molecule has 2 aliphatic rings. The molecule has 0 radical (unpaired) electrons. The van der Waals surface area contributed by atoms with E-state index in [1.165, 1.54) is 12.1 Å². The molecule has 5 nitrogen and oxygen atoms in total. The van der Waals surface area contributed by atoms with E-state index in [2.05, 4.69) is 0 Å². The van der Waals surface area contributed by atoms with Crippen molar-refractivity contribution >= 4 is 29.1 Å². The van der Waals surface area contributed by atoms with E-state index >= 15 is 0 Å². The van der Waals surface area contributed by atoms with Crippen molar-refractivity contribution < 1.29 is 20.1 Å². The third-order valence-corrected chi connectivity index (χ3v) is 5.46. The van der Waals surface area contributed by atoms with E-state index in [0.29, 0.717) is 35.0 Å². The summed E-state index contributed by atoms with van der Waals surface area (Å²) in [5, 5.41) is 30.3. The second-order valence-electron chi connectivity index (χ2n) is 6.19. The number of fused-ring (bicyclic) bond motifs is 1. The molecular weight excluding hydrogens is 329 g/mol. The minimum absolute atomic E-state index is 0.0594. The number of aromatic hydroxyl groups is 1. The first-order valence-corrected chi connectivity index (χ1v) is 7.90. The van der Waals surface area contributed by atoms with Crippen LogP contribution in [0.4, 0.5) is 0 Å². The Kier molecular flexibility index (Phi) is 4.01. The van der Waals surface area contributed by atoms with Crippen molar-refractivity contribution in [2.75, 3.05) is 13.2 Å². The lowest BCUT2D eigenvalue weighted by Crippen LogP contribution is -2.52. The normalized spacial score (nSPS) is 31.5. The van der Waals surface area contributed by atoms with Crippen molar-refractivity contribution in [2.24, 2.45) is 0 Å². The number of piperidine rings is 1. The maximum Gasteiger partial charge on any atom is 0.225 e. The molecule has 0 aliphatic carbocycles. The van der Waals surface area contributed by atoms with Gasteiger partial charge in [0, 0.05) is 24.1 Å². The SMILES string of the molecule is O=C1CC(O)(CO)C[C@@H]2C[C@H](c3c(O)ccc(Cl)c3Cl)CN12. The largest absolute Gasteiger partial charge is 0.508 e. The monoisotopic (exact) mass is 345 g/mol. The number of phenols is 1. The third-order valence-electron chi connectivity index (χ3n) is 4.64. The van der Waals surface area contributed by atoms with Crippen LogP contribution in [0.2, 0.25) is 10.0 Å². The second-order valence-corrected chi connectivity index (χ2v) is 6.98. The average Bonchev–Trinajstić information content (AvgIpc) is 2.87. The number of amides is 1. The first kappa shape index (κ1) is 15.9. The van der Waals surface area contributed by atoms with E-state index in [1.54, 1.807) is 4.90 Å². The highest BCUT2D eigenvalue weighted by atomic mass is 35.5. The van der Waals surface area contributed by atoms with E-state index in [0.717, 1.165) is 0 Å². The quantitative estimate of drug-likeness (QED) is 0.764. The van der Waals surface area contributed by atoms with Gasteiger partial charge in [0.2, 0.25) is 5.91 Å². The number of hydrogen-bond acceptors (Lipinski definition) is 4. The number of carbonyl (C=O) groups is 1. The topological polar surface area (TPSA) is 81.0 Å². The van der Waals surface area contributed by atoms with Gasteiger partial charge < -0.3 is 20.2 Å². The van der Waals surface area contributed by atoms with Crippen LogP contribution >= 0.6 is 23.2 Å². The van der Waals surface area contributed by atoms with Gasteiger partial charge in [0.15, 0.2) is 0 Å². The molecule has 3 atom stereocenters. The minimum atomic E-state index is -1.35. The molecule has 1 aromatic carbocycles. The van der Waals surface area contributed by atoms with Crippen molar-refractivity contribution in [2.45, 2.75) is 36.8 Å². The van der Waals surface area contributed by atoms with Gasteiger partial charge in [-0.3, -0.25) is 4.79 Å². The fraction of sp³-hybridized carbons (Fsp3) is 0.533. The Morgan fingerprint density at radius 3 is 2.77 bits per heavy atom. The van der Waals surface area contributed by atoms with Crippen molar-refractivity contribution in [3.8, 4) is 5.75 Å². The first-order valence-electron chi connectivity index (χ1n) is 7.14. The molecule has 0 aromatic heterocycles. The standard InChI is InChI=1S/C15H17Cl2NO4/c16-10-1-2-11(20)13(14(10)17)8-3-9-4-15(22,7-19)5-12(21)18(9)6-8/h1-2,8-9,19-20,22H,3-7H2/t8-,9-,15?/m0/s1. The van der Waals surface area contributed by atoms with Gasteiger partial charge in [-0.1, -0.05) is 23.2 Å². The van der Waals surface area contributed by atoms with Crippen LogP contribution in [0.1, 0.15) is 30.7 Å². The molecular formula is C15H17Cl2NO4. The van der Waals surface area contributed by atoms with Crippen LogP contribution in [-0.4, -0.2) is 50.9 Å². The summed E-state index contributed by atoms with van der Waals surface area (Å²) >= 11 is 12.2. The average molecular weight is 346 g/mol. The molecule has 22 heavy (non-hydrogen) atoms. The molecule has 1 unspecified atom stereocenters. The molecule has 2 fully saturated rings. The number of phenolic OH excluding ortho intramolecular Hbond substituents is 1. The van der Waals surface area contributed by atoms with Crippen molar-refractivity contribution in [1.82, 2.24) is 4.90 Å². The van der Waals surface area contributed by atoms with Crippen LogP contribution in [0.15, 0.2) is 12.1 Å². The predicted octanol–water partition coefficient (Wildman–Crippen LogP) is 1.90. The zero-order chi connectivity index (χ0) is 16.1. The highest BCUT2D eigenvalue weighted by molar-refractivity contribution is 6.42. The van der Waals surface area contributed by atoms with Crippen molar-refractivity contribution in [3.05, 3.63) is 27.7 Å². The van der Waals surface area contributed by atoms with Crippen LogP contribution in [-0.2, 0) is 4.79 Å². The molecule has 1 aromatic rings. The molecule has 120 valence electrons. The fourth-order valence-corrected chi connectivity index (χ4v) is 4.06. The summed E-state index contributed by atoms with van der Waals surface area (Å²) in [6.07, 6.45) is 0.814. The Labute approximate surface area is 138 Å². The van der Waals surface area contributed by atoms with E-state index in [4.69, 9.17) is 23.2 Å². The van der Waals surface area contributed by atoms with E-state index < -0.39 is 12.2 Å². The van der Waals surface area contributed by atoms with Gasteiger partial charge in [0.1, 0.15) is 5.75 Å². The molecule has 0 saturated carbocycles. The van der Waals surface area contributed by atoms with Gasteiger partial charge in [-0.15, -0.1) is 0 Å². The van der Waals surface area contributed by atoms with Gasteiger partial charge in [-0.25, -0.2) is 0 Å². The number of rotatable bonds is 2. The number of aliphatic hydroxyl groups excluding tert-OH is 1. The molecule has 2 aliphatic heterocycles. The maximum absolute atomic E-state index is 12.2. The lowest BCUT2D eigenvalue weighted by Gasteiger charge is -2.39.